The van der Waals surface area contributed by atoms with E-state index in [1.165, 1.54) is 25.8 Å². The van der Waals surface area contributed by atoms with Crippen LogP contribution in [0.25, 0.3) is 0 Å². The van der Waals surface area contributed by atoms with Crippen molar-refractivity contribution >= 4 is 11.6 Å². The zero-order valence-corrected chi connectivity index (χ0v) is 11.4. The number of hydrogen-bond donors (Lipinski definition) is 1. The molecule has 0 radical (unpaired) electrons. The van der Waals surface area contributed by atoms with Gasteiger partial charge in [0.05, 0.1) is 5.60 Å². The molecule has 2 saturated heterocycles. The average molecular weight is 266 g/mol. The third kappa shape index (κ3) is 2.29. The molecule has 3 rings (SSSR count). The van der Waals surface area contributed by atoms with Gasteiger partial charge in [0.15, 0.2) is 0 Å². The minimum Gasteiger partial charge on any atom is -0.385 e. The predicted molar refractivity (Wildman–Crippen MR) is 73.8 cm³/mol. The zero-order chi connectivity index (χ0) is 12.6. The lowest BCUT2D eigenvalue weighted by atomic mass is 9.78. The lowest BCUT2D eigenvalue weighted by Gasteiger charge is -2.46. The average Bonchev–Trinajstić information content (AvgIpc) is 2.39. The quantitative estimate of drug-likeness (QED) is 0.843. The van der Waals surface area contributed by atoms with Crippen LogP contribution in [0, 0.1) is 0 Å². The predicted octanol–water partition coefficient (Wildman–Crippen LogP) is 3.18. The summed E-state index contributed by atoms with van der Waals surface area (Å²) < 4.78 is 0. The minimum absolute atomic E-state index is 0.563. The van der Waals surface area contributed by atoms with Gasteiger partial charge < -0.3 is 10.0 Å². The Hall–Kier alpha value is -0.570. The van der Waals surface area contributed by atoms with Gasteiger partial charge in [-0.3, -0.25) is 0 Å². The largest absolute Gasteiger partial charge is 0.385 e. The summed E-state index contributed by atoms with van der Waals surface area (Å²) in [6, 6.07) is 8.26. The van der Waals surface area contributed by atoms with Crippen LogP contribution in [0.5, 0.6) is 0 Å². The van der Waals surface area contributed by atoms with Gasteiger partial charge in [0, 0.05) is 17.6 Å². The first-order chi connectivity index (χ1) is 8.67. The number of halogens is 1. The Morgan fingerprint density at radius 1 is 1.17 bits per heavy atom. The van der Waals surface area contributed by atoms with E-state index in [-0.39, 0.29) is 0 Å². The highest BCUT2D eigenvalue weighted by atomic mass is 35.5. The van der Waals surface area contributed by atoms with Crippen molar-refractivity contribution in [3.63, 3.8) is 0 Å². The molecule has 2 atom stereocenters. The highest BCUT2D eigenvalue weighted by molar-refractivity contribution is 6.30. The molecule has 2 aliphatic heterocycles. The molecular formula is C15H20ClNO. The topological polar surface area (TPSA) is 23.5 Å². The minimum atomic E-state index is -0.650. The van der Waals surface area contributed by atoms with Crippen molar-refractivity contribution in [2.75, 3.05) is 13.1 Å². The van der Waals surface area contributed by atoms with Crippen LogP contribution in [0.15, 0.2) is 24.3 Å². The summed E-state index contributed by atoms with van der Waals surface area (Å²) in [4.78, 5) is 2.55. The van der Waals surface area contributed by atoms with Crippen LogP contribution in [0.4, 0.5) is 0 Å². The molecule has 2 fully saturated rings. The smallest absolute Gasteiger partial charge is 0.0923 e. The second kappa shape index (κ2) is 4.84. The fraction of sp³-hybridized carbons (Fsp3) is 0.600. The van der Waals surface area contributed by atoms with Crippen molar-refractivity contribution in [1.29, 1.82) is 0 Å². The monoisotopic (exact) mass is 265 g/mol. The van der Waals surface area contributed by atoms with Crippen LogP contribution in [0.1, 0.15) is 37.7 Å². The van der Waals surface area contributed by atoms with E-state index in [0.29, 0.717) is 6.04 Å². The summed E-state index contributed by atoms with van der Waals surface area (Å²) in [7, 11) is 0. The molecule has 0 bridgehead atoms. The molecular weight excluding hydrogens is 246 g/mol. The van der Waals surface area contributed by atoms with Crippen molar-refractivity contribution in [1.82, 2.24) is 4.90 Å². The zero-order valence-electron chi connectivity index (χ0n) is 10.6. The van der Waals surface area contributed by atoms with Crippen LogP contribution in [0.3, 0.4) is 0 Å². The number of hydrogen-bond acceptors (Lipinski definition) is 2. The maximum atomic E-state index is 10.9. The van der Waals surface area contributed by atoms with Crippen LogP contribution < -0.4 is 0 Å². The summed E-state index contributed by atoms with van der Waals surface area (Å²) in [5, 5.41) is 11.6. The number of piperidine rings is 2. The lowest BCUT2D eigenvalue weighted by Crippen LogP contribution is -2.50. The van der Waals surface area contributed by atoms with Gasteiger partial charge in [-0.25, -0.2) is 0 Å². The van der Waals surface area contributed by atoms with E-state index >= 15 is 0 Å². The summed E-state index contributed by atoms with van der Waals surface area (Å²) in [5.41, 5.74) is 0.375. The van der Waals surface area contributed by atoms with Crippen molar-refractivity contribution in [2.24, 2.45) is 0 Å². The molecule has 0 saturated carbocycles. The van der Waals surface area contributed by atoms with E-state index in [1.54, 1.807) is 0 Å². The first-order valence-electron chi connectivity index (χ1n) is 6.90. The normalized spacial score (nSPS) is 33.1. The molecule has 0 amide bonds. The molecule has 0 unspecified atom stereocenters. The summed E-state index contributed by atoms with van der Waals surface area (Å²) in [6.07, 6.45) is 5.56. The van der Waals surface area contributed by atoms with Gasteiger partial charge in [0.1, 0.15) is 0 Å². The van der Waals surface area contributed by atoms with E-state index in [9.17, 15) is 5.11 Å². The Balaban J connectivity index is 1.80. The van der Waals surface area contributed by atoms with Gasteiger partial charge >= 0.3 is 0 Å². The Bertz CT molecular complexity index is 419. The Kier molecular flexibility index (Phi) is 3.35. The molecule has 1 aromatic carbocycles. The number of fused-ring (bicyclic) bond motifs is 1. The molecule has 2 heterocycles. The molecule has 0 spiro atoms. The summed E-state index contributed by atoms with van der Waals surface area (Å²) in [6.45, 7) is 2.23. The number of aliphatic hydroxyl groups is 1. The molecule has 98 valence electrons. The summed E-state index contributed by atoms with van der Waals surface area (Å²) in [5.74, 6) is 0. The molecule has 3 heteroatoms. The highest BCUT2D eigenvalue weighted by Gasteiger charge is 2.40. The fourth-order valence-electron chi connectivity index (χ4n) is 3.43. The molecule has 2 aliphatic rings. The van der Waals surface area contributed by atoms with Gasteiger partial charge in [-0.1, -0.05) is 30.2 Å². The number of nitrogens with zero attached hydrogens (tertiary/aromatic N) is 1. The highest BCUT2D eigenvalue weighted by Crippen LogP contribution is 2.39. The fourth-order valence-corrected chi connectivity index (χ4v) is 3.55. The van der Waals surface area contributed by atoms with E-state index in [2.05, 4.69) is 4.90 Å². The van der Waals surface area contributed by atoms with Gasteiger partial charge in [-0.15, -0.1) is 0 Å². The second-order valence-electron chi connectivity index (χ2n) is 5.68. The third-order valence-corrected chi connectivity index (χ3v) is 4.77. The molecule has 1 N–H and O–H groups in total. The van der Waals surface area contributed by atoms with Crippen LogP contribution in [0.2, 0.25) is 5.02 Å². The van der Waals surface area contributed by atoms with Crippen LogP contribution in [-0.4, -0.2) is 29.1 Å². The summed E-state index contributed by atoms with van der Waals surface area (Å²) >= 11 is 5.92. The number of benzene rings is 1. The SMILES string of the molecule is O[C@]1(c2ccc(Cl)cc2)CCN2CCCC[C@@H]2C1. The molecule has 0 aliphatic carbocycles. The Labute approximate surface area is 114 Å². The standard InChI is InChI=1S/C15H20ClNO/c16-13-6-4-12(5-7-13)15(18)8-10-17-9-2-1-3-14(17)11-15/h4-7,14,18H,1-3,8-11H2/t14-,15-/m1/s1. The number of rotatable bonds is 1. The molecule has 18 heavy (non-hydrogen) atoms. The van der Waals surface area contributed by atoms with Gasteiger partial charge in [0.25, 0.3) is 0 Å². The van der Waals surface area contributed by atoms with Crippen molar-refractivity contribution in [3.05, 3.63) is 34.9 Å². The van der Waals surface area contributed by atoms with Crippen molar-refractivity contribution < 1.29 is 5.11 Å². The second-order valence-corrected chi connectivity index (χ2v) is 6.11. The molecule has 0 aromatic heterocycles. The van der Waals surface area contributed by atoms with E-state index in [0.717, 1.165) is 30.0 Å². The van der Waals surface area contributed by atoms with Gasteiger partial charge in [0.2, 0.25) is 0 Å². The maximum Gasteiger partial charge on any atom is 0.0923 e. The molecule has 1 aromatic rings. The van der Waals surface area contributed by atoms with Crippen molar-refractivity contribution in [2.45, 2.75) is 43.7 Å². The molecule has 2 nitrogen and oxygen atoms in total. The first-order valence-corrected chi connectivity index (χ1v) is 7.28. The van der Waals surface area contributed by atoms with E-state index < -0.39 is 5.60 Å². The first kappa shape index (κ1) is 12.5. The Morgan fingerprint density at radius 3 is 2.72 bits per heavy atom. The maximum absolute atomic E-state index is 10.9. The van der Waals surface area contributed by atoms with Crippen molar-refractivity contribution in [3.8, 4) is 0 Å². The Morgan fingerprint density at radius 2 is 1.94 bits per heavy atom. The van der Waals surface area contributed by atoms with Gasteiger partial charge in [-0.2, -0.15) is 0 Å². The van der Waals surface area contributed by atoms with Gasteiger partial charge in [-0.05, 0) is 49.9 Å². The van der Waals surface area contributed by atoms with Crippen LogP contribution >= 0.6 is 11.6 Å². The van der Waals surface area contributed by atoms with Crippen LogP contribution in [-0.2, 0) is 5.60 Å². The lowest BCUT2D eigenvalue weighted by molar-refractivity contribution is -0.0611. The van der Waals surface area contributed by atoms with E-state index in [4.69, 9.17) is 11.6 Å². The van der Waals surface area contributed by atoms with E-state index in [1.807, 2.05) is 24.3 Å². The third-order valence-electron chi connectivity index (χ3n) is 4.52.